The number of likely N-dealkylation sites (N-methyl/N-ethyl adjacent to an activating group) is 1. The molecule has 12 heteroatoms. The van der Waals surface area contributed by atoms with Crippen LogP contribution in [0.1, 0.15) is 88.6 Å². The molecule has 9 rings (SSSR count). The van der Waals surface area contributed by atoms with E-state index in [1.165, 1.54) is 19.6 Å². The number of ether oxygens (including phenoxy) is 3. The van der Waals surface area contributed by atoms with Gasteiger partial charge >= 0.3 is 11.9 Å². The van der Waals surface area contributed by atoms with Crippen molar-refractivity contribution >= 4 is 34.4 Å². The third kappa shape index (κ3) is 5.90. The highest BCUT2D eigenvalue weighted by molar-refractivity contribution is 5.94. The molecule has 6 aliphatic rings. The molecule has 3 aromatic rings. The van der Waals surface area contributed by atoms with E-state index in [1.807, 2.05) is 20.0 Å². The molecule has 3 N–H and O–H groups in total. The van der Waals surface area contributed by atoms with Crippen LogP contribution in [-0.4, -0.2) is 122 Å². The van der Waals surface area contributed by atoms with Gasteiger partial charge in [0.1, 0.15) is 22.9 Å². The Morgan fingerprint density at radius 2 is 1.85 bits per heavy atom. The Kier molecular flexibility index (Phi) is 10.5. The van der Waals surface area contributed by atoms with Gasteiger partial charge in [0.15, 0.2) is 0 Å². The van der Waals surface area contributed by atoms with Crippen LogP contribution in [-0.2, 0) is 41.1 Å². The Morgan fingerprint density at radius 3 is 2.57 bits per heavy atom. The molecule has 2 bridgehead atoms. The standard InChI is InChI=1S/C49H63N5O7/c1-8-31-24-32-27-48(45(57)60-7,41-34(16-22-53(28-31)29-32)33-14-11-12-15-37(33)51-41)36-25-35-38(26-39(36)59-6)52(5)43-47(35)19-23-54-21-13-17-46(10-3,42(47)54)44(61-30(4)55)49(43,58)18-20-50-40(56)9-2/h11-15,17,24-26,32,42-44,51,58H,8-10,16,18-23,27-29H2,1-7H3,(H,50,56)/t32-,42+,43-,44-,46-,47-,48+,49+/m1/s1. The van der Waals surface area contributed by atoms with Crippen LogP contribution < -0.4 is 15.0 Å². The minimum atomic E-state index is -1.60. The SMILES string of the molecule is CCC(=O)NCC[C@@]1(O)[C@H](OC(C)=O)[C@]2(CC)C=CCN3CC[C@@]4(c5cc([C@@]6(C(=O)OC)C[C@H]7C=C(CC)CN(CCc8c6[nH]c6ccccc86)C7)c(OC)cc5N(C)[C@@H]14)[C@@H]32. The van der Waals surface area contributed by atoms with Crippen LogP contribution in [0.2, 0.25) is 0 Å². The van der Waals surface area contributed by atoms with Gasteiger partial charge in [-0.05, 0) is 74.2 Å². The number of esters is 2. The summed E-state index contributed by atoms with van der Waals surface area (Å²) in [5, 5.41) is 17.9. The first-order valence-corrected chi connectivity index (χ1v) is 22.5. The van der Waals surface area contributed by atoms with E-state index in [9.17, 15) is 14.7 Å². The van der Waals surface area contributed by atoms with Gasteiger partial charge in [-0.1, -0.05) is 62.8 Å². The molecule has 61 heavy (non-hydrogen) atoms. The molecule has 2 fully saturated rings. The summed E-state index contributed by atoms with van der Waals surface area (Å²) in [7, 11) is 5.19. The summed E-state index contributed by atoms with van der Waals surface area (Å²) in [5.74, 6) is -0.291. The summed E-state index contributed by atoms with van der Waals surface area (Å²) in [5.41, 5.74) is 2.66. The van der Waals surface area contributed by atoms with Crippen molar-refractivity contribution in [2.45, 2.75) is 107 Å². The molecule has 1 aliphatic carbocycles. The number of H-pyrrole nitrogens is 1. The summed E-state index contributed by atoms with van der Waals surface area (Å²) in [6.45, 7) is 11.9. The van der Waals surface area contributed by atoms with Crippen molar-refractivity contribution < 1.29 is 33.7 Å². The Balaban J connectivity index is 1.34. The molecule has 1 amide bonds. The van der Waals surface area contributed by atoms with Gasteiger partial charge in [-0.25, -0.2) is 0 Å². The number of benzene rings is 2. The van der Waals surface area contributed by atoms with Crippen molar-refractivity contribution in [1.29, 1.82) is 0 Å². The Hall–Kier alpha value is -4.65. The van der Waals surface area contributed by atoms with E-state index in [1.54, 1.807) is 7.11 Å². The van der Waals surface area contributed by atoms with E-state index in [0.717, 1.165) is 91.0 Å². The molecule has 1 saturated heterocycles. The number of fused-ring (bicyclic) bond motifs is 6. The summed E-state index contributed by atoms with van der Waals surface area (Å²) in [6, 6.07) is 11.9. The molecular weight excluding hydrogens is 771 g/mol. The van der Waals surface area contributed by atoms with Crippen LogP contribution in [0, 0.1) is 11.3 Å². The number of aromatic amines is 1. The highest BCUT2D eigenvalue weighted by Crippen LogP contribution is 2.68. The van der Waals surface area contributed by atoms with Crippen molar-refractivity contribution in [2.24, 2.45) is 11.3 Å². The van der Waals surface area contributed by atoms with Gasteiger partial charge in [0, 0.05) is 104 Å². The van der Waals surface area contributed by atoms with Crippen molar-refractivity contribution in [3.63, 3.8) is 0 Å². The van der Waals surface area contributed by atoms with E-state index >= 15 is 4.79 Å². The van der Waals surface area contributed by atoms with Gasteiger partial charge in [-0.2, -0.15) is 0 Å². The number of aliphatic hydroxyl groups is 1. The first-order chi connectivity index (χ1) is 29.4. The zero-order valence-electron chi connectivity index (χ0n) is 36.9. The maximum absolute atomic E-state index is 15.4. The fraction of sp³-hybridized carbons (Fsp3) is 0.571. The second-order valence-corrected chi connectivity index (χ2v) is 18.6. The lowest BCUT2D eigenvalue weighted by Gasteiger charge is -2.65. The lowest BCUT2D eigenvalue weighted by Crippen LogP contribution is -2.79. The number of hydrogen-bond donors (Lipinski definition) is 3. The van der Waals surface area contributed by atoms with Crippen LogP contribution in [0.5, 0.6) is 5.75 Å². The van der Waals surface area contributed by atoms with E-state index in [-0.39, 0.29) is 36.8 Å². The number of nitrogens with zero attached hydrogens (tertiary/aromatic N) is 3. The quantitative estimate of drug-likeness (QED) is 0.177. The molecule has 6 heterocycles. The fourth-order valence-electron chi connectivity index (χ4n) is 13.6. The average Bonchev–Trinajstić information content (AvgIpc) is 3.93. The first kappa shape index (κ1) is 41.7. The van der Waals surface area contributed by atoms with Crippen LogP contribution in [0.25, 0.3) is 10.9 Å². The number of amides is 1. The van der Waals surface area contributed by atoms with Crippen molar-refractivity contribution in [3.05, 3.63) is 82.6 Å². The minimum absolute atomic E-state index is 0.0486. The Morgan fingerprint density at radius 1 is 1.05 bits per heavy atom. The average molecular weight is 834 g/mol. The highest BCUT2D eigenvalue weighted by Gasteiger charge is 2.77. The van der Waals surface area contributed by atoms with Gasteiger partial charge in [-0.3, -0.25) is 24.2 Å². The maximum Gasteiger partial charge on any atom is 0.322 e. The first-order valence-electron chi connectivity index (χ1n) is 22.5. The van der Waals surface area contributed by atoms with E-state index in [4.69, 9.17) is 14.2 Å². The number of para-hydroxylation sites is 1. The second kappa shape index (κ2) is 15.3. The van der Waals surface area contributed by atoms with Crippen molar-refractivity contribution in [1.82, 2.24) is 20.1 Å². The second-order valence-electron chi connectivity index (χ2n) is 18.6. The molecule has 1 spiro atoms. The van der Waals surface area contributed by atoms with Crippen LogP contribution >= 0.6 is 0 Å². The molecule has 326 valence electrons. The summed E-state index contributed by atoms with van der Waals surface area (Å²) < 4.78 is 18.9. The van der Waals surface area contributed by atoms with E-state index in [2.05, 4.69) is 87.4 Å². The van der Waals surface area contributed by atoms with Gasteiger partial charge in [-0.15, -0.1) is 0 Å². The lowest BCUT2D eigenvalue weighted by molar-refractivity contribution is -0.220. The smallest absolute Gasteiger partial charge is 0.322 e. The van der Waals surface area contributed by atoms with Crippen molar-refractivity contribution in [2.75, 3.05) is 65.4 Å². The number of aromatic nitrogens is 1. The maximum atomic E-state index is 15.4. The number of nitrogens with one attached hydrogen (secondary N) is 2. The molecule has 0 radical (unpaired) electrons. The molecule has 12 nitrogen and oxygen atoms in total. The zero-order chi connectivity index (χ0) is 43.1. The predicted molar refractivity (Wildman–Crippen MR) is 235 cm³/mol. The fourth-order valence-corrected chi connectivity index (χ4v) is 13.6. The summed E-state index contributed by atoms with van der Waals surface area (Å²) in [6.07, 6.45) is 9.86. The largest absolute Gasteiger partial charge is 0.496 e. The molecule has 9 atom stereocenters. The molecule has 1 aromatic heterocycles. The molecule has 1 saturated carbocycles. The summed E-state index contributed by atoms with van der Waals surface area (Å²) in [4.78, 5) is 52.3. The number of carbonyl (C=O) groups is 3. The summed E-state index contributed by atoms with van der Waals surface area (Å²) >= 11 is 0. The van der Waals surface area contributed by atoms with Gasteiger partial charge < -0.3 is 34.5 Å². The Bertz CT molecular complexity index is 2320. The zero-order valence-corrected chi connectivity index (χ0v) is 36.9. The van der Waals surface area contributed by atoms with Crippen LogP contribution in [0.15, 0.2) is 60.2 Å². The number of rotatable bonds is 10. The molecule has 5 aliphatic heterocycles. The third-order valence-electron chi connectivity index (χ3n) is 15.8. The third-order valence-corrected chi connectivity index (χ3v) is 15.8. The number of hydrogen-bond acceptors (Lipinski definition) is 10. The molecule has 1 unspecified atom stereocenters. The van der Waals surface area contributed by atoms with Crippen LogP contribution in [0.3, 0.4) is 0 Å². The number of methoxy groups -OCH3 is 2. The molecular formula is C49H63N5O7. The minimum Gasteiger partial charge on any atom is -0.496 e. The predicted octanol–water partition coefficient (Wildman–Crippen LogP) is 5.54. The van der Waals surface area contributed by atoms with Crippen molar-refractivity contribution in [3.8, 4) is 5.75 Å². The topological polar surface area (TPSA) is 137 Å². The Labute approximate surface area is 359 Å². The van der Waals surface area contributed by atoms with Gasteiger partial charge in [0.2, 0.25) is 5.91 Å². The monoisotopic (exact) mass is 833 g/mol. The molecule has 2 aromatic carbocycles. The number of anilines is 1. The van der Waals surface area contributed by atoms with Gasteiger partial charge in [0.05, 0.1) is 20.3 Å². The highest BCUT2D eigenvalue weighted by atomic mass is 16.6. The van der Waals surface area contributed by atoms with Crippen LogP contribution in [0.4, 0.5) is 5.69 Å². The lowest BCUT2D eigenvalue weighted by atomic mass is 9.47. The van der Waals surface area contributed by atoms with E-state index in [0.29, 0.717) is 25.0 Å². The number of carbonyl (C=O) groups excluding carboxylic acids is 3. The normalized spacial score (nSPS) is 33.6. The van der Waals surface area contributed by atoms with E-state index < -0.39 is 40.0 Å². The van der Waals surface area contributed by atoms with Gasteiger partial charge in [0.25, 0.3) is 0 Å².